The maximum atomic E-state index is 11.7. The Morgan fingerprint density at radius 2 is 2.50 bits per heavy atom. The average Bonchev–Trinajstić information content (AvgIpc) is 2.14. The van der Waals surface area contributed by atoms with E-state index in [-0.39, 0.29) is 11.7 Å². The number of rotatable bonds is 2. The standard InChI is InChI=1S/C5H7ClFN3/c6-5-4(8)3-10(9-5)2-1-7/h3H,1-2,8H2. The summed E-state index contributed by atoms with van der Waals surface area (Å²) in [6.07, 6.45) is 1.50. The maximum Gasteiger partial charge on any atom is 0.173 e. The molecule has 0 radical (unpaired) electrons. The molecule has 0 aliphatic carbocycles. The van der Waals surface area contributed by atoms with E-state index in [4.69, 9.17) is 17.3 Å². The van der Waals surface area contributed by atoms with Crippen LogP contribution in [0.15, 0.2) is 6.20 Å². The fourth-order valence-corrected chi connectivity index (χ4v) is 0.760. The van der Waals surface area contributed by atoms with Gasteiger partial charge in [0.1, 0.15) is 6.67 Å². The predicted octanol–water partition coefficient (Wildman–Crippen LogP) is 1.09. The third-order valence-electron chi connectivity index (χ3n) is 1.06. The highest BCUT2D eigenvalue weighted by Gasteiger charge is 2.00. The summed E-state index contributed by atoms with van der Waals surface area (Å²) in [6, 6.07) is 0. The van der Waals surface area contributed by atoms with E-state index in [2.05, 4.69) is 5.10 Å². The summed E-state index contributed by atoms with van der Waals surface area (Å²) >= 11 is 5.49. The van der Waals surface area contributed by atoms with Crippen molar-refractivity contribution in [2.75, 3.05) is 12.4 Å². The van der Waals surface area contributed by atoms with Gasteiger partial charge < -0.3 is 5.73 Å². The molecule has 5 heteroatoms. The number of aromatic nitrogens is 2. The molecule has 0 bridgehead atoms. The first-order valence-electron chi connectivity index (χ1n) is 2.78. The first-order chi connectivity index (χ1) is 4.74. The summed E-state index contributed by atoms with van der Waals surface area (Å²) in [4.78, 5) is 0. The fourth-order valence-electron chi connectivity index (χ4n) is 0.614. The van der Waals surface area contributed by atoms with E-state index in [0.717, 1.165) is 0 Å². The Kier molecular flexibility index (Phi) is 2.11. The summed E-state index contributed by atoms with van der Waals surface area (Å²) in [6.45, 7) is -0.256. The highest BCUT2D eigenvalue weighted by molar-refractivity contribution is 6.31. The van der Waals surface area contributed by atoms with E-state index in [1.807, 2.05) is 0 Å². The molecular formula is C5H7ClFN3. The molecule has 1 rings (SSSR count). The molecule has 1 heterocycles. The zero-order valence-corrected chi connectivity index (χ0v) is 5.98. The second kappa shape index (κ2) is 2.88. The van der Waals surface area contributed by atoms with Crippen molar-refractivity contribution in [3.8, 4) is 0 Å². The molecule has 0 aliphatic rings. The van der Waals surface area contributed by atoms with E-state index >= 15 is 0 Å². The number of hydrogen-bond donors (Lipinski definition) is 1. The van der Waals surface area contributed by atoms with Crippen LogP contribution in [0.5, 0.6) is 0 Å². The van der Waals surface area contributed by atoms with E-state index in [9.17, 15) is 4.39 Å². The van der Waals surface area contributed by atoms with Gasteiger partial charge in [-0.1, -0.05) is 11.6 Å². The second-order valence-electron chi connectivity index (χ2n) is 1.83. The predicted molar refractivity (Wildman–Crippen MR) is 37.6 cm³/mol. The zero-order chi connectivity index (χ0) is 7.56. The summed E-state index contributed by atoms with van der Waals surface area (Å²) in [5.74, 6) is 0. The molecule has 10 heavy (non-hydrogen) atoms. The molecule has 0 atom stereocenters. The number of hydrogen-bond acceptors (Lipinski definition) is 2. The molecule has 0 spiro atoms. The first kappa shape index (κ1) is 7.34. The molecule has 1 aromatic rings. The lowest BCUT2D eigenvalue weighted by molar-refractivity contribution is 0.427. The van der Waals surface area contributed by atoms with Gasteiger partial charge in [-0.3, -0.25) is 4.68 Å². The van der Waals surface area contributed by atoms with Gasteiger partial charge in [0.05, 0.1) is 12.2 Å². The SMILES string of the molecule is Nc1cn(CCF)nc1Cl. The molecule has 0 aliphatic heterocycles. The van der Waals surface area contributed by atoms with Crippen molar-refractivity contribution in [1.29, 1.82) is 0 Å². The first-order valence-corrected chi connectivity index (χ1v) is 3.16. The van der Waals surface area contributed by atoms with Crippen LogP contribution in [0.25, 0.3) is 0 Å². The second-order valence-corrected chi connectivity index (χ2v) is 2.19. The Labute approximate surface area is 62.6 Å². The smallest absolute Gasteiger partial charge is 0.173 e. The summed E-state index contributed by atoms with van der Waals surface area (Å²) < 4.78 is 13.0. The third-order valence-corrected chi connectivity index (χ3v) is 1.35. The van der Waals surface area contributed by atoms with Gasteiger partial charge in [0.15, 0.2) is 5.15 Å². The fraction of sp³-hybridized carbons (Fsp3) is 0.400. The summed E-state index contributed by atoms with van der Waals surface area (Å²) in [5, 5.41) is 3.95. The lowest BCUT2D eigenvalue weighted by Crippen LogP contribution is -1.99. The van der Waals surface area contributed by atoms with Crippen molar-refractivity contribution in [2.24, 2.45) is 0 Å². The quantitative estimate of drug-likeness (QED) is 0.709. The molecule has 0 aromatic carbocycles. The van der Waals surface area contributed by atoms with Crippen molar-refractivity contribution in [2.45, 2.75) is 6.54 Å². The van der Waals surface area contributed by atoms with Gasteiger partial charge >= 0.3 is 0 Å². The highest BCUT2D eigenvalue weighted by atomic mass is 35.5. The van der Waals surface area contributed by atoms with Gasteiger partial charge in [-0.2, -0.15) is 5.10 Å². The maximum absolute atomic E-state index is 11.7. The number of halogens is 2. The Morgan fingerprint density at radius 1 is 1.80 bits per heavy atom. The minimum atomic E-state index is -0.461. The van der Waals surface area contributed by atoms with Gasteiger partial charge in [-0.15, -0.1) is 0 Å². The van der Waals surface area contributed by atoms with E-state index < -0.39 is 6.67 Å². The van der Waals surface area contributed by atoms with Gasteiger partial charge in [0.25, 0.3) is 0 Å². The minimum absolute atomic E-state index is 0.205. The van der Waals surface area contributed by atoms with Crippen LogP contribution in [0.1, 0.15) is 0 Å². The zero-order valence-electron chi connectivity index (χ0n) is 5.22. The Bertz CT molecular complexity index is 203. The topological polar surface area (TPSA) is 43.8 Å². The number of nitrogens with zero attached hydrogens (tertiary/aromatic N) is 2. The molecular weight excluding hydrogens is 157 g/mol. The molecule has 0 amide bonds. The molecule has 0 saturated heterocycles. The van der Waals surface area contributed by atoms with E-state index in [1.165, 1.54) is 10.9 Å². The van der Waals surface area contributed by atoms with Crippen LogP contribution in [0.4, 0.5) is 10.1 Å². The number of alkyl halides is 1. The number of nitrogens with two attached hydrogens (primary N) is 1. The van der Waals surface area contributed by atoms with Crippen LogP contribution in [0, 0.1) is 0 Å². The Balaban J connectivity index is 2.77. The molecule has 0 fully saturated rings. The van der Waals surface area contributed by atoms with Crippen LogP contribution in [-0.2, 0) is 6.54 Å². The molecule has 3 nitrogen and oxygen atoms in total. The van der Waals surface area contributed by atoms with Crippen LogP contribution in [0.2, 0.25) is 5.15 Å². The molecule has 0 unspecified atom stereocenters. The largest absolute Gasteiger partial charge is 0.395 e. The number of aryl methyl sites for hydroxylation is 1. The monoisotopic (exact) mass is 163 g/mol. The van der Waals surface area contributed by atoms with Crippen molar-refractivity contribution in [3.63, 3.8) is 0 Å². The van der Waals surface area contributed by atoms with Gasteiger partial charge in [-0.05, 0) is 0 Å². The normalized spacial score (nSPS) is 10.2. The van der Waals surface area contributed by atoms with E-state index in [0.29, 0.717) is 5.69 Å². The van der Waals surface area contributed by atoms with Gasteiger partial charge in [-0.25, -0.2) is 4.39 Å². The van der Waals surface area contributed by atoms with Crippen LogP contribution < -0.4 is 5.73 Å². The lowest BCUT2D eigenvalue weighted by atomic mass is 10.6. The van der Waals surface area contributed by atoms with Crippen LogP contribution in [0.3, 0.4) is 0 Å². The molecule has 1 aromatic heterocycles. The minimum Gasteiger partial charge on any atom is -0.395 e. The Hall–Kier alpha value is -0.770. The van der Waals surface area contributed by atoms with Gasteiger partial charge in [0, 0.05) is 6.20 Å². The molecule has 2 N–H and O–H groups in total. The number of nitrogen functional groups attached to an aromatic ring is 1. The van der Waals surface area contributed by atoms with Crippen molar-refractivity contribution in [1.82, 2.24) is 9.78 Å². The van der Waals surface area contributed by atoms with Crippen LogP contribution in [-0.4, -0.2) is 16.5 Å². The van der Waals surface area contributed by atoms with Crippen molar-refractivity contribution in [3.05, 3.63) is 11.3 Å². The summed E-state index contributed by atoms with van der Waals surface area (Å²) in [7, 11) is 0. The molecule has 56 valence electrons. The number of anilines is 1. The van der Waals surface area contributed by atoms with E-state index in [1.54, 1.807) is 0 Å². The highest BCUT2D eigenvalue weighted by Crippen LogP contribution is 2.14. The van der Waals surface area contributed by atoms with Gasteiger partial charge in [0.2, 0.25) is 0 Å². The molecule has 0 saturated carbocycles. The third kappa shape index (κ3) is 1.39. The van der Waals surface area contributed by atoms with Crippen molar-refractivity contribution >= 4 is 17.3 Å². The lowest BCUT2D eigenvalue weighted by Gasteiger charge is -1.91. The van der Waals surface area contributed by atoms with Crippen LogP contribution >= 0.6 is 11.6 Å². The average molecular weight is 164 g/mol. The summed E-state index contributed by atoms with van der Waals surface area (Å²) in [5.41, 5.74) is 5.72. The Morgan fingerprint density at radius 3 is 2.90 bits per heavy atom. The van der Waals surface area contributed by atoms with Crippen molar-refractivity contribution < 1.29 is 4.39 Å².